The molecule has 166 valence electrons. The molecule has 0 spiro atoms. The van der Waals surface area contributed by atoms with E-state index in [0.29, 0.717) is 28.8 Å². The number of aromatic nitrogens is 2. The summed E-state index contributed by atoms with van der Waals surface area (Å²) < 4.78 is 25.1. The largest absolute Gasteiger partial charge is 0.508 e. The van der Waals surface area contributed by atoms with Gasteiger partial charge in [-0.3, -0.25) is 4.79 Å². The molecule has 3 aromatic rings. The zero-order valence-electron chi connectivity index (χ0n) is 18.7. The molecule has 2 heterocycles. The molecule has 0 aliphatic carbocycles. The molecule has 1 aliphatic rings. The van der Waals surface area contributed by atoms with E-state index < -0.39 is 11.2 Å². The molecular formula is C25H25FN2O4. The van der Waals surface area contributed by atoms with E-state index in [2.05, 4.69) is 9.97 Å². The number of carbonyl (C=O) groups is 1. The summed E-state index contributed by atoms with van der Waals surface area (Å²) in [4.78, 5) is 21.8. The molecule has 1 aliphatic heterocycles. The fourth-order valence-corrected chi connectivity index (χ4v) is 3.99. The predicted octanol–water partition coefficient (Wildman–Crippen LogP) is 5.55. The van der Waals surface area contributed by atoms with Crippen LogP contribution in [-0.2, 0) is 16.0 Å². The van der Waals surface area contributed by atoms with Gasteiger partial charge in [-0.1, -0.05) is 13.0 Å². The number of hydrogen-bond donors (Lipinski definition) is 1. The van der Waals surface area contributed by atoms with Crippen molar-refractivity contribution in [2.45, 2.75) is 52.2 Å². The molecule has 1 N–H and O–H groups in total. The number of ether oxygens (including phenoxy) is 2. The van der Waals surface area contributed by atoms with Gasteiger partial charge >= 0.3 is 0 Å². The SMILES string of the molecule is CCc1ccc(Oc2cnc3cc(F)ccc3n2)cc1C1=C(O)C(C)(C)OC(C)(C)C1=O. The highest BCUT2D eigenvalue weighted by molar-refractivity contribution is 6.26. The highest BCUT2D eigenvalue weighted by Gasteiger charge is 2.47. The quantitative estimate of drug-likeness (QED) is 0.578. The molecule has 4 rings (SSSR count). The summed E-state index contributed by atoms with van der Waals surface area (Å²) in [7, 11) is 0. The number of ketones is 1. The zero-order valence-corrected chi connectivity index (χ0v) is 18.7. The Kier molecular flexibility index (Phi) is 5.25. The van der Waals surface area contributed by atoms with Gasteiger partial charge in [-0.05, 0) is 69.5 Å². The monoisotopic (exact) mass is 436 g/mol. The first-order chi connectivity index (χ1) is 15.0. The predicted molar refractivity (Wildman–Crippen MR) is 119 cm³/mol. The van der Waals surface area contributed by atoms with E-state index in [1.165, 1.54) is 24.4 Å². The van der Waals surface area contributed by atoms with Crippen LogP contribution in [0.15, 0.2) is 48.4 Å². The molecule has 0 saturated heterocycles. The van der Waals surface area contributed by atoms with E-state index in [0.717, 1.165) is 5.56 Å². The van der Waals surface area contributed by atoms with Crippen molar-refractivity contribution in [1.82, 2.24) is 9.97 Å². The zero-order chi connectivity index (χ0) is 23.3. The summed E-state index contributed by atoms with van der Waals surface area (Å²) in [6.07, 6.45) is 2.07. The van der Waals surface area contributed by atoms with Crippen LogP contribution in [0.1, 0.15) is 45.7 Å². The van der Waals surface area contributed by atoms with Crippen molar-refractivity contribution in [3.05, 3.63) is 65.3 Å². The van der Waals surface area contributed by atoms with Gasteiger partial charge in [-0.25, -0.2) is 14.4 Å². The number of halogens is 1. The van der Waals surface area contributed by atoms with Gasteiger partial charge in [-0.15, -0.1) is 0 Å². The van der Waals surface area contributed by atoms with Gasteiger partial charge in [-0.2, -0.15) is 0 Å². The maximum atomic E-state index is 13.4. The normalized spacial score (nSPS) is 17.6. The second-order valence-electron chi connectivity index (χ2n) is 8.79. The molecule has 0 bridgehead atoms. The topological polar surface area (TPSA) is 81.5 Å². The Bertz CT molecular complexity index is 1260. The number of fused-ring (bicyclic) bond motifs is 1. The van der Waals surface area contributed by atoms with Gasteiger partial charge in [0.25, 0.3) is 0 Å². The lowest BCUT2D eigenvalue weighted by atomic mass is 9.81. The summed E-state index contributed by atoms with van der Waals surface area (Å²) in [5.74, 6) is -0.130. The van der Waals surface area contributed by atoms with Crippen LogP contribution in [0, 0.1) is 5.82 Å². The molecule has 0 radical (unpaired) electrons. The maximum Gasteiger partial charge on any atom is 0.238 e. The number of carbonyl (C=O) groups excluding carboxylic acids is 1. The van der Waals surface area contributed by atoms with E-state index in [4.69, 9.17) is 9.47 Å². The van der Waals surface area contributed by atoms with Crippen molar-refractivity contribution < 1.29 is 23.8 Å². The molecule has 0 amide bonds. The molecule has 6 nitrogen and oxygen atoms in total. The third-order valence-electron chi connectivity index (χ3n) is 5.53. The average molecular weight is 436 g/mol. The van der Waals surface area contributed by atoms with E-state index >= 15 is 0 Å². The molecule has 0 atom stereocenters. The van der Waals surface area contributed by atoms with Gasteiger partial charge in [0.2, 0.25) is 5.88 Å². The van der Waals surface area contributed by atoms with Crippen molar-refractivity contribution in [1.29, 1.82) is 0 Å². The summed E-state index contributed by atoms with van der Waals surface area (Å²) >= 11 is 0. The standard InChI is InChI=1S/C25H25FN2O4/c1-6-14-7-9-16(31-20-13-27-19-11-15(26)8-10-18(19)28-20)12-17(14)21-22(29)24(2,3)32-25(4,5)23(21)30/h7-13,29H,6H2,1-5H3. The van der Waals surface area contributed by atoms with E-state index in [1.54, 1.807) is 39.8 Å². The van der Waals surface area contributed by atoms with Crippen LogP contribution in [0.5, 0.6) is 11.6 Å². The minimum atomic E-state index is -1.09. The number of Topliss-reactive ketones (excluding diaryl/α,β-unsaturated/α-hetero) is 1. The molecule has 0 saturated carbocycles. The Balaban J connectivity index is 1.78. The lowest BCUT2D eigenvalue weighted by Gasteiger charge is -2.40. The number of hydrogen-bond acceptors (Lipinski definition) is 6. The van der Waals surface area contributed by atoms with Crippen LogP contribution in [0.2, 0.25) is 0 Å². The first-order valence-electron chi connectivity index (χ1n) is 10.4. The molecular weight excluding hydrogens is 411 g/mol. The van der Waals surface area contributed by atoms with Crippen LogP contribution in [0.25, 0.3) is 16.6 Å². The summed E-state index contributed by atoms with van der Waals surface area (Å²) in [5.41, 5.74) is 0.520. The van der Waals surface area contributed by atoms with Crippen LogP contribution < -0.4 is 4.74 Å². The van der Waals surface area contributed by atoms with Gasteiger partial charge in [0.15, 0.2) is 5.78 Å². The average Bonchev–Trinajstić information content (AvgIpc) is 2.72. The first-order valence-corrected chi connectivity index (χ1v) is 10.4. The number of rotatable bonds is 4. The second kappa shape index (κ2) is 7.67. The Hall–Kier alpha value is -3.32. The smallest absolute Gasteiger partial charge is 0.238 e. The van der Waals surface area contributed by atoms with E-state index in [1.807, 2.05) is 13.0 Å². The molecule has 7 heteroatoms. The van der Waals surface area contributed by atoms with Gasteiger partial charge in [0.05, 0.1) is 22.8 Å². The summed E-state index contributed by atoms with van der Waals surface area (Å²) in [5, 5.41) is 10.9. The van der Waals surface area contributed by atoms with Crippen LogP contribution >= 0.6 is 0 Å². The van der Waals surface area contributed by atoms with E-state index in [9.17, 15) is 14.3 Å². The van der Waals surface area contributed by atoms with Gasteiger partial charge < -0.3 is 14.6 Å². The minimum absolute atomic E-state index is 0.110. The molecule has 0 unspecified atom stereocenters. The van der Waals surface area contributed by atoms with E-state index in [-0.39, 0.29) is 28.8 Å². The van der Waals surface area contributed by atoms with Crippen molar-refractivity contribution in [2.24, 2.45) is 0 Å². The van der Waals surface area contributed by atoms with Crippen molar-refractivity contribution >= 4 is 22.4 Å². The first kappa shape index (κ1) is 21.9. The molecule has 32 heavy (non-hydrogen) atoms. The summed E-state index contributed by atoms with van der Waals surface area (Å²) in [6.45, 7) is 8.84. The highest BCUT2D eigenvalue weighted by Crippen LogP contribution is 2.41. The molecule has 0 fully saturated rings. The Morgan fingerprint density at radius 2 is 1.81 bits per heavy atom. The van der Waals surface area contributed by atoms with Crippen molar-refractivity contribution in [3.63, 3.8) is 0 Å². The minimum Gasteiger partial charge on any atom is -0.508 e. The number of aryl methyl sites for hydroxylation is 1. The lowest BCUT2D eigenvalue weighted by molar-refractivity contribution is -0.158. The Morgan fingerprint density at radius 3 is 2.53 bits per heavy atom. The molecule has 1 aromatic heterocycles. The fraction of sp³-hybridized carbons (Fsp3) is 0.320. The third-order valence-corrected chi connectivity index (χ3v) is 5.53. The van der Waals surface area contributed by atoms with Crippen LogP contribution in [-0.4, -0.2) is 32.1 Å². The third kappa shape index (κ3) is 3.84. The molecule has 2 aromatic carbocycles. The van der Waals surface area contributed by atoms with Gasteiger partial charge in [0.1, 0.15) is 28.5 Å². The Morgan fingerprint density at radius 1 is 1.06 bits per heavy atom. The number of benzene rings is 2. The Labute approximate surface area is 185 Å². The highest BCUT2D eigenvalue weighted by atomic mass is 19.1. The van der Waals surface area contributed by atoms with Crippen LogP contribution in [0.4, 0.5) is 4.39 Å². The number of aliphatic hydroxyl groups excluding tert-OH is 1. The fourth-order valence-electron chi connectivity index (χ4n) is 3.99. The van der Waals surface area contributed by atoms with Crippen LogP contribution in [0.3, 0.4) is 0 Å². The van der Waals surface area contributed by atoms with Crippen molar-refractivity contribution in [2.75, 3.05) is 0 Å². The lowest BCUT2D eigenvalue weighted by Crippen LogP contribution is -2.49. The van der Waals surface area contributed by atoms with Crippen molar-refractivity contribution in [3.8, 4) is 11.6 Å². The number of nitrogens with zero attached hydrogens (tertiary/aromatic N) is 2. The number of aliphatic hydroxyl groups is 1. The maximum absolute atomic E-state index is 13.4. The van der Waals surface area contributed by atoms with Gasteiger partial charge in [0, 0.05) is 6.07 Å². The second-order valence-corrected chi connectivity index (χ2v) is 8.79. The summed E-state index contributed by atoms with van der Waals surface area (Å²) in [6, 6.07) is 9.49.